The number of aromatic amines is 1. The van der Waals surface area contributed by atoms with Gasteiger partial charge in [-0.25, -0.2) is 4.98 Å². The van der Waals surface area contributed by atoms with Gasteiger partial charge in [-0.15, -0.1) is 0 Å². The van der Waals surface area contributed by atoms with Crippen molar-refractivity contribution in [1.29, 1.82) is 0 Å². The van der Waals surface area contributed by atoms with Crippen LogP contribution in [-0.4, -0.2) is 39.5 Å². The molecule has 0 spiro atoms. The van der Waals surface area contributed by atoms with Crippen LogP contribution in [0, 0.1) is 0 Å². The van der Waals surface area contributed by atoms with Gasteiger partial charge in [-0.05, 0) is 12.8 Å². The Morgan fingerprint density at radius 3 is 3.19 bits per heavy atom. The van der Waals surface area contributed by atoms with Crippen LogP contribution >= 0.6 is 0 Å². The maximum Gasteiger partial charge on any atom is 0.303 e. The molecule has 1 aromatic heterocycles. The van der Waals surface area contributed by atoms with E-state index in [-0.39, 0.29) is 12.3 Å². The molecule has 6 heteroatoms. The fourth-order valence-electron chi connectivity index (χ4n) is 1.77. The lowest BCUT2D eigenvalue weighted by Crippen LogP contribution is -2.16. The van der Waals surface area contributed by atoms with Crippen LogP contribution in [0.3, 0.4) is 0 Å². The first-order valence-corrected chi connectivity index (χ1v) is 5.46. The molecule has 1 aliphatic heterocycles. The van der Waals surface area contributed by atoms with Crippen LogP contribution in [0.1, 0.15) is 36.8 Å². The van der Waals surface area contributed by atoms with Crippen LogP contribution in [0.5, 0.6) is 0 Å². The normalized spacial score (nSPS) is 20.9. The van der Waals surface area contributed by atoms with E-state index in [0.29, 0.717) is 18.9 Å². The summed E-state index contributed by atoms with van der Waals surface area (Å²) in [6.45, 7) is 1.48. The number of carbonyl (C=O) groups is 1. The van der Waals surface area contributed by atoms with E-state index in [9.17, 15) is 4.79 Å². The third-order valence-corrected chi connectivity index (χ3v) is 2.65. The van der Waals surface area contributed by atoms with Crippen molar-refractivity contribution in [3.8, 4) is 0 Å². The van der Waals surface area contributed by atoms with Gasteiger partial charge in [0.25, 0.3) is 0 Å². The number of rotatable bonds is 4. The van der Waals surface area contributed by atoms with Gasteiger partial charge in [0.15, 0.2) is 5.82 Å². The molecule has 0 aliphatic carbocycles. The molecule has 0 saturated carbocycles. The summed E-state index contributed by atoms with van der Waals surface area (Å²) in [5.41, 5.74) is 0. The van der Waals surface area contributed by atoms with E-state index in [0.717, 1.165) is 25.3 Å². The van der Waals surface area contributed by atoms with E-state index in [1.807, 2.05) is 0 Å². The number of nitrogens with zero attached hydrogens (tertiary/aromatic N) is 2. The molecule has 2 N–H and O–H groups in total. The number of nitrogens with one attached hydrogen (secondary N) is 1. The SMILES string of the molecule is O=C(O)CCc1nc(C2CCCOC2)n[nH]1. The highest BCUT2D eigenvalue weighted by Crippen LogP contribution is 2.22. The minimum Gasteiger partial charge on any atom is -0.481 e. The second-order valence-electron chi connectivity index (χ2n) is 3.95. The molecule has 1 fully saturated rings. The van der Waals surface area contributed by atoms with Crippen LogP contribution in [0.15, 0.2) is 0 Å². The molecule has 88 valence electrons. The van der Waals surface area contributed by atoms with Crippen LogP contribution in [0.2, 0.25) is 0 Å². The lowest BCUT2D eigenvalue weighted by molar-refractivity contribution is -0.137. The molecule has 1 atom stereocenters. The number of H-pyrrole nitrogens is 1. The second kappa shape index (κ2) is 5.07. The molecule has 0 bridgehead atoms. The first-order valence-electron chi connectivity index (χ1n) is 5.46. The molecule has 2 rings (SSSR count). The van der Waals surface area contributed by atoms with E-state index in [1.54, 1.807) is 0 Å². The van der Waals surface area contributed by atoms with Crippen molar-refractivity contribution < 1.29 is 14.6 Å². The molecule has 2 heterocycles. The Hall–Kier alpha value is -1.43. The van der Waals surface area contributed by atoms with Crippen molar-refractivity contribution in [2.24, 2.45) is 0 Å². The molecule has 1 aliphatic rings. The summed E-state index contributed by atoms with van der Waals surface area (Å²) < 4.78 is 5.36. The standard InChI is InChI=1S/C10H15N3O3/c14-9(15)4-3-8-11-10(13-12-8)7-2-1-5-16-6-7/h7H,1-6H2,(H,14,15)(H,11,12,13). The topological polar surface area (TPSA) is 88.1 Å². The van der Waals surface area contributed by atoms with Gasteiger partial charge in [0.1, 0.15) is 5.82 Å². The number of aryl methyl sites for hydroxylation is 1. The molecule has 1 aromatic rings. The van der Waals surface area contributed by atoms with E-state index in [1.165, 1.54) is 0 Å². The molecular weight excluding hydrogens is 210 g/mol. The van der Waals surface area contributed by atoms with Crippen molar-refractivity contribution in [3.05, 3.63) is 11.6 Å². The van der Waals surface area contributed by atoms with Crippen molar-refractivity contribution in [1.82, 2.24) is 15.2 Å². The average molecular weight is 225 g/mol. The summed E-state index contributed by atoms with van der Waals surface area (Å²) in [7, 11) is 0. The molecule has 0 amide bonds. The Balaban J connectivity index is 1.93. The summed E-state index contributed by atoms with van der Waals surface area (Å²) in [6, 6.07) is 0. The molecule has 0 radical (unpaired) electrons. The van der Waals surface area contributed by atoms with Gasteiger partial charge in [-0.1, -0.05) is 0 Å². The highest BCUT2D eigenvalue weighted by atomic mass is 16.5. The number of aromatic nitrogens is 3. The second-order valence-corrected chi connectivity index (χ2v) is 3.95. The molecule has 1 unspecified atom stereocenters. The maximum absolute atomic E-state index is 10.4. The summed E-state index contributed by atoms with van der Waals surface area (Å²) in [4.78, 5) is 14.7. The third kappa shape index (κ3) is 2.79. The number of aliphatic carboxylic acids is 1. The molecule has 16 heavy (non-hydrogen) atoms. The lowest BCUT2D eigenvalue weighted by Gasteiger charge is -2.18. The molecule has 0 aromatic carbocycles. The fraction of sp³-hybridized carbons (Fsp3) is 0.700. The van der Waals surface area contributed by atoms with E-state index >= 15 is 0 Å². The first kappa shape index (κ1) is 11.1. The van der Waals surface area contributed by atoms with Crippen LogP contribution < -0.4 is 0 Å². The first-order chi connectivity index (χ1) is 7.75. The maximum atomic E-state index is 10.4. The highest BCUT2D eigenvalue weighted by molar-refractivity contribution is 5.66. The quantitative estimate of drug-likeness (QED) is 0.788. The average Bonchev–Trinajstić information content (AvgIpc) is 2.76. The van der Waals surface area contributed by atoms with Gasteiger partial charge in [0, 0.05) is 18.9 Å². The summed E-state index contributed by atoms with van der Waals surface area (Å²) in [5.74, 6) is 0.825. The van der Waals surface area contributed by atoms with Gasteiger partial charge in [-0.2, -0.15) is 5.10 Å². The van der Waals surface area contributed by atoms with Gasteiger partial charge in [0.2, 0.25) is 0 Å². The van der Waals surface area contributed by atoms with Crippen molar-refractivity contribution >= 4 is 5.97 Å². The van der Waals surface area contributed by atoms with Gasteiger partial charge < -0.3 is 9.84 Å². The van der Waals surface area contributed by atoms with Gasteiger partial charge in [-0.3, -0.25) is 9.89 Å². The van der Waals surface area contributed by atoms with Crippen LogP contribution in [0.4, 0.5) is 0 Å². The Morgan fingerprint density at radius 1 is 1.62 bits per heavy atom. The zero-order valence-electron chi connectivity index (χ0n) is 8.98. The van der Waals surface area contributed by atoms with Crippen LogP contribution in [-0.2, 0) is 16.0 Å². The Labute approximate surface area is 93.0 Å². The predicted molar refractivity (Wildman–Crippen MR) is 55.1 cm³/mol. The summed E-state index contributed by atoms with van der Waals surface area (Å²) >= 11 is 0. The van der Waals surface area contributed by atoms with E-state index < -0.39 is 5.97 Å². The van der Waals surface area contributed by atoms with Crippen molar-refractivity contribution in [3.63, 3.8) is 0 Å². The molecule has 1 saturated heterocycles. The predicted octanol–water partition coefficient (Wildman–Crippen LogP) is 0.716. The summed E-state index contributed by atoms with van der Waals surface area (Å²) in [6.07, 6.45) is 2.55. The van der Waals surface area contributed by atoms with E-state index in [4.69, 9.17) is 9.84 Å². The minimum absolute atomic E-state index is 0.0792. The number of hydrogen-bond donors (Lipinski definition) is 2. The minimum atomic E-state index is -0.820. The Bertz CT molecular complexity index is 358. The fourth-order valence-corrected chi connectivity index (χ4v) is 1.77. The van der Waals surface area contributed by atoms with Crippen molar-refractivity contribution in [2.75, 3.05) is 13.2 Å². The highest BCUT2D eigenvalue weighted by Gasteiger charge is 2.20. The Morgan fingerprint density at radius 2 is 2.50 bits per heavy atom. The number of carboxylic acids is 1. The number of ether oxygens (including phenoxy) is 1. The molecule has 6 nitrogen and oxygen atoms in total. The van der Waals surface area contributed by atoms with Gasteiger partial charge in [0.05, 0.1) is 13.0 Å². The molecular formula is C10H15N3O3. The number of carboxylic acid groups (broad SMARTS) is 1. The van der Waals surface area contributed by atoms with Gasteiger partial charge >= 0.3 is 5.97 Å². The number of hydrogen-bond acceptors (Lipinski definition) is 4. The van der Waals surface area contributed by atoms with Crippen molar-refractivity contribution in [2.45, 2.75) is 31.6 Å². The van der Waals surface area contributed by atoms with Crippen LogP contribution in [0.25, 0.3) is 0 Å². The Kier molecular flexibility index (Phi) is 3.51. The lowest BCUT2D eigenvalue weighted by atomic mass is 10.0. The smallest absolute Gasteiger partial charge is 0.303 e. The largest absolute Gasteiger partial charge is 0.481 e. The van der Waals surface area contributed by atoms with E-state index in [2.05, 4.69) is 15.2 Å². The third-order valence-electron chi connectivity index (χ3n) is 2.65. The monoisotopic (exact) mass is 225 g/mol. The zero-order valence-corrected chi connectivity index (χ0v) is 8.98. The summed E-state index contributed by atoms with van der Waals surface area (Å²) in [5, 5.41) is 15.4. The zero-order chi connectivity index (χ0) is 11.4.